The third kappa shape index (κ3) is 2.55. The minimum Gasteiger partial charge on any atom is -0.495 e. The molecule has 0 heterocycles. The van der Waals surface area contributed by atoms with Gasteiger partial charge in [-0.15, -0.1) is 0 Å². The van der Waals surface area contributed by atoms with Gasteiger partial charge in [-0.3, -0.25) is 0 Å². The van der Waals surface area contributed by atoms with Gasteiger partial charge in [0.05, 0.1) is 18.2 Å². The molecule has 4 nitrogen and oxygen atoms in total. The van der Waals surface area contributed by atoms with Crippen LogP contribution in [0.3, 0.4) is 0 Å². The van der Waals surface area contributed by atoms with Crippen LogP contribution in [0.4, 0.5) is 0 Å². The van der Waals surface area contributed by atoms with Crippen LogP contribution in [0, 0.1) is 11.3 Å². The number of ether oxygens (including phenoxy) is 1. The number of nitriles is 1. The molecule has 0 aromatic heterocycles. The largest absolute Gasteiger partial charge is 0.495 e. The number of aromatic carboxylic acids is 1. The van der Waals surface area contributed by atoms with Crippen molar-refractivity contribution in [2.24, 2.45) is 0 Å². The topological polar surface area (TPSA) is 70.3 Å². The van der Waals surface area contributed by atoms with E-state index in [1.165, 1.54) is 13.2 Å². The van der Waals surface area contributed by atoms with Gasteiger partial charge in [0.25, 0.3) is 0 Å². The van der Waals surface area contributed by atoms with Crippen molar-refractivity contribution in [2.75, 3.05) is 7.11 Å². The minimum absolute atomic E-state index is 0.223. The van der Waals surface area contributed by atoms with E-state index in [2.05, 4.69) is 0 Å². The van der Waals surface area contributed by atoms with Crippen molar-refractivity contribution in [1.29, 1.82) is 5.26 Å². The van der Waals surface area contributed by atoms with E-state index < -0.39 is 5.97 Å². The van der Waals surface area contributed by atoms with Crippen molar-refractivity contribution in [2.45, 2.75) is 0 Å². The second-order valence-electron chi connectivity index (χ2n) is 3.91. The molecule has 0 saturated carbocycles. The zero-order valence-corrected chi connectivity index (χ0v) is 10.3. The second-order valence-corrected chi connectivity index (χ2v) is 3.91. The summed E-state index contributed by atoms with van der Waals surface area (Å²) in [5, 5.41) is 17.9. The Labute approximate surface area is 110 Å². The molecule has 2 rings (SSSR count). The molecule has 2 aromatic carbocycles. The number of benzene rings is 2. The van der Waals surface area contributed by atoms with Crippen molar-refractivity contribution in [3.63, 3.8) is 0 Å². The summed E-state index contributed by atoms with van der Waals surface area (Å²) in [4.78, 5) is 10.9. The smallest absolute Gasteiger partial charge is 0.335 e. The Bertz CT molecular complexity index is 671. The predicted molar refractivity (Wildman–Crippen MR) is 70.1 cm³/mol. The Balaban J connectivity index is 2.50. The number of hydrogen-bond acceptors (Lipinski definition) is 3. The van der Waals surface area contributed by atoms with E-state index in [0.29, 0.717) is 11.3 Å². The number of methoxy groups -OCH3 is 1. The lowest BCUT2D eigenvalue weighted by atomic mass is 10.0. The van der Waals surface area contributed by atoms with Crippen LogP contribution in [0.25, 0.3) is 11.1 Å². The van der Waals surface area contributed by atoms with Crippen LogP contribution in [0.2, 0.25) is 0 Å². The van der Waals surface area contributed by atoms with Crippen LogP contribution >= 0.6 is 0 Å². The maximum absolute atomic E-state index is 10.9. The van der Waals surface area contributed by atoms with E-state index in [-0.39, 0.29) is 5.56 Å². The van der Waals surface area contributed by atoms with Gasteiger partial charge in [0.1, 0.15) is 11.8 Å². The highest BCUT2D eigenvalue weighted by molar-refractivity contribution is 5.89. The second kappa shape index (κ2) is 5.23. The first-order chi connectivity index (χ1) is 9.15. The van der Waals surface area contributed by atoms with Crippen molar-refractivity contribution >= 4 is 5.97 Å². The number of nitrogens with zero attached hydrogens (tertiary/aromatic N) is 1. The van der Waals surface area contributed by atoms with Crippen molar-refractivity contribution < 1.29 is 14.6 Å². The molecule has 0 amide bonds. The summed E-state index contributed by atoms with van der Waals surface area (Å²) in [7, 11) is 1.49. The monoisotopic (exact) mass is 253 g/mol. The van der Waals surface area contributed by atoms with E-state index in [4.69, 9.17) is 15.1 Å². The fourth-order valence-electron chi connectivity index (χ4n) is 1.79. The standard InChI is InChI=1S/C15H11NO3/c1-19-14-8-11(5-6-13(14)9-16)10-3-2-4-12(7-10)15(17)18/h2-8H,1H3,(H,17,18). The first-order valence-electron chi connectivity index (χ1n) is 5.57. The van der Waals surface area contributed by atoms with E-state index in [1.54, 1.807) is 30.3 Å². The maximum Gasteiger partial charge on any atom is 0.335 e. The number of carboxylic acids is 1. The highest BCUT2D eigenvalue weighted by atomic mass is 16.5. The molecule has 0 saturated heterocycles. The molecule has 19 heavy (non-hydrogen) atoms. The lowest BCUT2D eigenvalue weighted by Crippen LogP contribution is -1.96. The molecule has 0 bridgehead atoms. The number of rotatable bonds is 3. The molecule has 0 aliphatic carbocycles. The zero-order valence-electron chi connectivity index (χ0n) is 10.3. The molecule has 0 radical (unpaired) electrons. The molecule has 0 fully saturated rings. The Kier molecular flexibility index (Phi) is 3.48. The van der Waals surface area contributed by atoms with Gasteiger partial charge in [-0.2, -0.15) is 5.26 Å². The average Bonchev–Trinajstić information content (AvgIpc) is 2.46. The molecular weight excluding hydrogens is 242 g/mol. The van der Waals surface area contributed by atoms with Gasteiger partial charge in [0.2, 0.25) is 0 Å². The van der Waals surface area contributed by atoms with E-state index >= 15 is 0 Å². The molecule has 0 atom stereocenters. The fourth-order valence-corrected chi connectivity index (χ4v) is 1.79. The molecule has 0 aliphatic heterocycles. The fraction of sp³-hybridized carbons (Fsp3) is 0.0667. The lowest BCUT2D eigenvalue weighted by Gasteiger charge is -2.07. The molecule has 1 N–H and O–H groups in total. The third-order valence-corrected chi connectivity index (χ3v) is 2.76. The maximum atomic E-state index is 10.9. The van der Waals surface area contributed by atoms with Gasteiger partial charge in [-0.05, 0) is 35.4 Å². The highest BCUT2D eigenvalue weighted by Crippen LogP contribution is 2.27. The molecule has 94 valence electrons. The summed E-state index contributed by atoms with van der Waals surface area (Å²) in [5.41, 5.74) is 2.24. The summed E-state index contributed by atoms with van der Waals surface area (Å²) in [6.07, 6.45) is 0. The normalized spacial score (nSPS) is 9.68. The predicted octanol–water partition coefficient (Wildman–Crippen LogP) is 2.93. The molecule has 0 unspecified atom stereocenters. The minimum atomic E-state index is -0.970. The molecule has 0 aliphatic rings. The van der Waals surface area contributed by atoms with Crippen LogP contribution in [0.15, 0.2) is 42.5 Å². The molecule has 0 spiro atoms. The van der Waals surface area contributed by atoms with Gasteiger partial charge in [-0.25, -0.2) is 4.79 Å². The van der Waals surface area contributed by atoms with E-state index in [9.17, 15) is 4.79 Å². The first-order valence-corrected chi connectivity index (χ1v) is 5.57. The number of carbonyl (C=O) groups is 1. The van der Waals surface area contributed by atoms with Gasteiger partial charge in [-0.1, -0.05) is 18.2 Å². The van der Waals surface area contributed by atoms with Crippen LogP contribution < -0.4 is 4.74 Å². The van der Waals surface area contributed by atoms with Crippen LogP contribution in [0.5, 0.6) is 5.75 Å². The Morgan fingerprint density at radius 2 is 1.95 bits per heavy atom. The number of carboxylic acid groups (broad SMARTS) is 1. The molecule has 2 aromatic rings. The van der Waals surface area contributed by atoms with Gasteiger partial charge in [0.15, 0.2) is 0 Å². The summed E-state index contributed by atoms with van der Waals surface area (Å²) < 4.78 is 5.14. The third-order valence-electron chi connectivity index (χ3n) is 2.76. The molecular formula is C15H11NO3. The Morgan fingerprint density at radius 1 is 1.21 bits per heavy atom. The lowest BCUT2D eigenvalue weighted by molar-refractivity contribution is 0.0697. The highest BCUT2D eigenvalue weighted by Gasteiger charge is 2.08. The van der Waals surface area contributed by atoms with Gasteiger partial charge >= 0.3 is 5.97 Å². The van der Waals surface area contributed by atoms with Crippen molar-refractivity contribution in [3.05, 3.63) is 53.6 Å². The molecule has 4 heteroatoms. The van der Waals surface area contributed by atoms with Crippen molar-refractivity contribution in [1.82, 2.24) is 0 Å². The SMILES string of the molecule is COc1cc(-c2cccc(C(=O)O)c2)ccc1C#N. The number of hydrogen-bond donors (Lipinski definition) is 1. The summed E-state index contributed by atoms with van der Waals surface area (Å²) >= 11 is 0. The van der Waals surface area contributed by atoms with Crippen LogP contribution in [0.1, 0.15) is 15.9 Å². The van der Waals surface area contributed by atoms with Crippen LogP contribution in [-0.2, 0) is 0 Å². The van der Waals surface area contributed by atoms with Gasteiger partial charge < -0.3 is 9.84 Å². The quantitative estimate of drug-likeness (QED) is 0.912. The van der Waals surface area contributed by atoms with Crippen LogP contribution in [-0.4, -0.2) is 18.2 Å². The average molecular weight is 253 g/mol. The zero-order chi connectivity index (χ0) is 13.8. The summed E-state index contributed by atoms with van der Waals surface area (Å²) in [6, 6.07) is 13.8. The summed E-state index contributed by atoms with van der Waals surface area (Å²) in [5.74, 6) is -0.497. The van der Waals surface area contributed by atoms with Crippen molar-refractivity contribution in [3.8, 4) is 22.9 Å². The Morgan fingerprint density at radius 3 is 2.58 bits per heavy atom. The van der Waals surface area contributed by atoms with E-state index in [1.807, 2.05) is 12.1 Å². The Hall–Kier alpha value is -2.80. The first kappa shape index (κ1) is 12.7. The summed E-state index contributed by atoms with van der Waals surface area (Å²) in [6.45, 7) is 0. The van der Waals surface area contributed by atoms with E-state index in [0.717, 1.165) is 11.1 Å². The van der Waals surface area contributed by atoms with Gasteiger partial charge in [0, 0.05) is 0 Å².